The van der Waals surface area contributed by atoms with E-state index >= 15 is 0 Å². The second-order valence-corrected chi connectivity index (χ2v) is 5.15. The minimum Gasteiger partial charge on any atom is -0.485 e. The van der Waals surface area contributed by atoms with Crippen molar-refractivity contribution in [3.05, 3.63) is 52.6 Å². The third-order valence-corrected chi connectivity index (χ3v) is 3.70. The summed E-state index contributed by atoms with van der Waals surface area (Å²) in [7, 11) is 0. The summed E-state index contributed by atoms with van der Waals surface area (Å²) in [6.07, 6.45) is 0. The summed E-state index contributed by atoms with van der Waals surface area (Å²) in [4.78, 5) is 12.2. The SMILES string of the molecule is CCn1c(C)cc(C(=O)COc2ccc(C)c(F)c2)c1C. The zero-order chi connectivity index (χ0) is 15.6. The Morgan fingerprint density at radius 2 is 1.95 bits per heavy atom. The van der Waals surface area contributed by atoms with E-state index in [9.17, 15) is 9.18 Å². The summed E-state index contributed by atoms with van der Waals surface area (Å²) >= 11 is 0. The van der Waals surface area contributed by atoms with Gasteiger partial charge in [0, 0.05) is 29.6 Å². The Bertz CT molecular complexity index is 674. The molecule has 0 radical (unpaired) electrons. The molecule has 1 heterocycles. The van der Waals surface area contributed by atoms with Crippen molar-refractivity contribution >= 4 is 5.78 Å². The first kappa shape index (κ1) is 15.3. The molecule has 0 aliphatic rings. The Morgan fingerprint density at radius 3 is 2.52 bits per heavy atom. The third-order valence-electron chi connectivity index (χ3n) is 3.70. The summed E-state index contributed by atoms with van der Waals surface area (Å²) in [6.45, 7) is 8.37. The zero-order valence-electron chi connectivity index (χ0n) is 12.9. The van der Waals surface area contributed by atoms with Gasteiger partial charge in [-0.25, -0.2) is 4.39 Å². The molecule has 0 aliphatic carbocycles. The van der Waals surface area contributed by atoms with E-state index in [2.05, 4.69) is 4.57 Å². The molecule has 2 aromatic rings. The fraction of sp³-hybridized carbons (Fsp3) is 0.353. The van der Waals surface area contributed by atoms with Crippen LogP contribution in [0.5, 0.6) is 5.75 Å². The van der Waals surface area contributed by atoms with Crippen LogP contribution in [-0.2, 0) is 6.54 Å². The lowest BCUT2D eigenvalue weighted by molar-refractivity contribution is 0.0920. The number of ether oxygens (including phenoxy) is 1. The van der Waals surface area contributed by atoms with E-state index in [4.69, 9.17) is 4.74 Å². The highest BCUT2D eigenvalue weighted by molar-refractivity contribution is 5.98. The molecule has 4 heteroatoms. The molecule has 3 nitrogen and oxygen atoms in total. The lowest BCUT2D eigenvalue weighted by Gasteiger charge is -2.08. The lowest BCUT2D eigenvalue weighted by Crippen LogP contribution is -2.13. The van der Waals surface area contributed by atoms with Gasteiger partial charge >= 0.3 is 0 Å². The zero-order valence-corrected chi connectivity index (χ0v) is 12.9. The minimum atomic E-state index is -0.330. The molecule has 0 atom stereocenters. The predicted octanol–water partition coefficient (Wildman–Crippen LogP) is 3.83. The molecule has 112 valence electrons. The maximum Gasteiger partial charge on any atom is 0.202 e. The molecule has 0 saturated carbocycles. The van der Waals surface area contributed by atoms with E-state index in [-0.39, 0.29) is 18.2 Å². The largest absolute Gasteiger partial charge is 0.485 e. The Kier molecular flexibility index (Phi) is 4.46. The maximum absolute atomic E-state index is 13.4. The highest BCUT2D eigenvalue weighted by Gasteiger charge is 2.15. The molecule has 0 bridgehead atoms. The molecule has 21 heavy (non-hydrogen) atoms. The van der Waals surface area contributed by atoms with Crippen LogP contribution >= 0.6 is 0 Å². The maximum atomic E-state index is 13.4. The number of hydrogen-bond donors (Lipinski definition) is 0. The summed E-state index contributed by atoms with van der Waals surface area (Å²) in [6, 6.07) is 6.48. The van der Waals surface area contributed by atoms with E-state index in [1.165, 1.54) is 6.07 Å². The van der Waals surface area contributed by atoms with Crippen LogP contribution in [0.3, 0.4) is 0 Å². The molecule has 0 unspecified atom stereocenters. The van der Waals surface area contributed by atoms with Gasteiger partial charge in [-0.15, -0.1) is 0 Å². The van der Waals surface area contributed by atoms with Crippen LogP contribution in [0.25, 0.3) is 0 Å². The van der Waals surface area contributed by atoms with E-state index < -0.39 is 0 Å². The van der Waals surface area contributed by atoms with Crippen LogP contribution in [-0.4, -0.2) is 17.0 Å². The van der Waals surface area contributed by atoms with Gasteiger partial charge < -0.3 is 9.30 Å². The monoisotopic (exact) mass is 289 g/mol. The van der Waals surface area contributed by atoms with E-state index in [1.54, 1.807) is 19.1 Å². The average Bonchev–Trinajstić information content (AvgIpc) is 2.74. The van der Waals surface area contributed by atoms with Gasteiger partial charge in [-0.3, -0.25) is 4.79 Å². The molecule has 0 aliphatic heterocycles. The quantitative estimate of drug-likeness (QED) is 0.783. The second kappa shape index (κ2) is 6.12. The van der Waals surface area contributed by atoms with Crippen molar-refractivity contribution in [3.63, 3.8) is 0 Å². The number of halogens is 1. The molecule has 1 aromatic carbocycles. The van der Waals surface area contributed by atoms with E-state index in [0.29, 0.717) is 16.9 Å². The number of Topliss-reactive ketones (excluding diaryl/α,β-unsaturated/α-hetero) is 1. The number of carbonyl (C=O) groups is 1. The average molecular weight is 289 g/mol. The number of aryl methyl sites for hydroxylation is 2. The molecular formula is C17H20FNO2. The number of nitrogens with zero attached hydrogens (tertiary/aromatic N) is 1. The first-order valence-corrected chi connectivity index (χ1v) is 7.03. The summed E-state index contributed by atoms with van der Waals surface area (Å²) < 4.78 is 20.9. The van der Waals surface area contributed by atoms with Crippen molar-refractivity contribution in [1.29, 1.82) is 0 Å². The van der Waals surface area contributed by atoms with Crippen molar-refractivity contribution < 1.29 is 13.9 Å². The molecule has 1 aromatic heterocycles. The van der Waals surface area contributed by atoms with Crippen molar-refractivity contribution in [3.8, 4) is 5.75 Å². The van der Waals surface area contributed by atoms with Crippen LogP contribution < -0.4 is 4.74 Å². The topological polar surface area (TPSA) is 31.2 Å². The van der Waals surface area contributed by atoms with Gasteiger partial charge in [-0.1, -0.05) is 6.07 Å². The molecule has 0 amide bonds. The number of benzene rings is 1. The summed E-state index contributed by atoms with van der Waals surface area (Å²) in [5.41, 5.74) is 3.22. The van der Waals surface area contributed by atoms with Gasteiger partial charge in [0.05, 0.1) is 0 Å². The first-order valence-electron chi connectivity index (χ1n) is 7.03. The number of rotatable bonds is 5. The molecule has 0 N–H and O–H groups in total. The second-order valence-electron chi connectivity index (χ2n) is 5.15. The highest BCUT2D eigenvalue weighted by atomic mass is 19.1. The standard InChI is InChI=1S/C17H20FNO2/c1-5-19-12(3)8-15(13(19)4)17(20)10-21-14-7-6-11(2)16(18)9-14/h6-9H,5,10H2,1-4H3. The molecule has 0 fully saturated rings. The highest BCUT2D eigenvalue weighted by Crippen LogP contribution is 2.18. The van der Waals surface area contributed by atoms with Crippen molar-refractivity contribution in [2.45, 2.75) is 34.2 Å². The van der Waals surface area contributed by atoms with Crippen LogP contribution in [0.1, 0.15) is 34.2 Å². The van der Waals surface area contributed by atoms with Crippen LogP contribution in [0.2, 0.25) is 0 Å². The smallest absolute Gasteiger partial charge is 0.202 e. The Morgan fingerprint density at radius 1 is 1.24 bits per heavy atom. The van der Waals surface area contributed by atoms with E-state index in [0.717, 1.165) is 17.9 Å². The Hall–Kier alpha value is -2.10. The number of ketones is 1. The Labute approximate surface area is 124 Å². The number of carbonyl (C=O) groups excluding carboxylic acids is 1. The molecular weight excluding hydrogens is 269 g/mol. The molecule has 0 spiro atoms. The number of hydrogen-bond acceptors (Lipinski definition) is 2. The van der Waals surface area contributed by atoms with E-state index in [1.807, 2.05) is 26.8 Å². The molecule has 0 saturated heterocycles. The van der Waals surface area contributed by atoms with Gasteiger partial charge in [-0.2, -0.15) is 0 Å². The minimum absolute atomic E-state index is 0.0868. The van der Waals surface area contributed by atoms with Gasteiger partial charge in [0.25, 0.3) is 0 Å². The van der Waals surface area contributed by atoms with Crippen LogP contribution in [0, 0.1) is 26.6 Å². The Balaban J connectivity index is 2.10. The normalized spacial score (nSPS) is 10.7. The summed E-state index contributed by atoms with van der Waals surface area (Å²) in [5, 5.41) is 0. The van der Waals surface area contributed by atoms with Gasteiger partial charge in [0.1, 0.15) is 11.6 Å². The number of aromatic nitrogens is 1. The van der Waals surface area contributed by atoms with Crippen molar-refractivity contribution in [2.75, 3.05) is 6.61 Å². The van der Waals surface area contributed by atoms with Gasteiger partial charge in [0.15, 0.2) is 6.61 Å². The van der Waals surface area contributed by atoms with Gasteiger partial charge in [0.2, 0.25) is 5.78 Å². The van der Waals surface area contributed by atoms with Crippen molar-refractivity contribution in [2.24, 2.45) is 0 Å². The fourth-order valence-electron chi connectivity index (χ4n) is 2.46. The van der Waals surface area contributed by atoms with Crippen molar-refractivity contribution in [1.82, 2.24) is 4.57 Å². The lowest BCUT2D eigenvalue weighted by atomic mass is 10.1. The first-order chi connectivity index (χ1) is 9.93. The predicted molar refractivity (Wildman–Crippen MR) is 80.5 cm³/mol. The molecule has 2 rings (SSSR count). The van der Waals surface area contributed by atoms with Crippen LogP contribution in [0.4, 0.5) is 4.39 Å². The summed E-state index contributed by atoms with van der Waals surface area (Å²) in [5.74, 6) is -0.0522. The van der Waals surface area contributed by atoms with Crippen LogP contribution in [0.15, 0.2) is 24.3 Å². The van der Waals surface area contributed by atoms with Gasteiger partial charge in [-0.05, 0) is 45.4 Å². The third kappa shape index (κ3) is 3.15. The fourth-order valence-corrected chi connectivity index (χ4v) is 2.46.